The standard InChI is InChI=1S/C18H20FNO/c1-12-7-8-17(18(9-12)21-2)20-14-10-13(11-14)15-5-3-4-6-16(15)19/h3-9,13-14,20H,10-11H2,1-2H3. The summed E-state index contributed by atoms with van der Waals surface area (Å²) in [7, 11) is 1.68. The molecule has 2 aromatic rings. The maximum absolute atomic E-state index is 13.7. The zero-order valence-electron chi connectivity index (χ0n) is 12.4. The van der Waals surface area contributed by atoms with E-state index in [0.29, 0.717) is 12.0 Å². The van der Waals surface area contributed by atoms with Gasteiger partial charge in [0.05, 0.1) is 12.8 Å². The Kier molecular flexibility index (Phi) is 3.82. The van der Waals surface area contributed by atoms with Crippen molar-refractivity contribution in [3.05, 3.63) is 59.4 Å². The normalized spacial score (nSPS) is 20.7. The molecule has 2 aromatic carbocycles. The Morgan fingerprint density at radius 1 is 1.14 bits per heavy atom. The Morgan fingerprint density at radius 3 is 2.62 bits per heavy atom. The van der Waals surface area contributed by atoms with Crippen molar-refractivity contribution < 1.29 is 9.13 Å². The van der Waals surface area contributed by atoms with Crippen LogP contribution < -0.4 is 10.1 Å². The van der Waals surface area contributed by atoms with Crippen LogP contribution in [0.25, 0.3) is 0 Å². The molecule has 110 valence electrons. The number of hydrogen-bond acceptors (Lipinski definition) is 2. The lowest BCUT2D eigenvalue weighted by molar-refractivity contribution is 0.360. The fraction of sp³-hybridized carbons (Fsp3) is 0.333. The first-order valence-corrected chi connectivity index (χ1v) is 7.33. The van der Waals surface area contributed by atoms with E-state index < -0.39 is 0 Å². The number of nitrogens with one attached hydrogen (secondary N) is 1. The van der Waals surface area contributed by atoms with Gasteiger partial charge in [0.25, 0.3) is 0 Å². The van der Waals surface area contributed by atoms with Gasteiger partial charge in [-0.1, -0.05) is 24.3 Å². The molecule has 0 aliphatic heterocycles. The summed E-state index contributed by atoms with van der Waals surface area (Å²) in [5, 5.41) is 3.50. The first kappa shape index (κ1) is 13.9. The molecule has 3 heteroatoms. The summed E-state index contributed by atoms with van der Waals surface area (Å²) >= 11 is 0. The van der Waals surface area contributed by atoms with Crippen molar-refractivity contribution in [2.45, 2.75) is 31.7 Å². The van der Waals surface area contributed by atoms with E-state index in [-0.39, 0.29) is 5.82 Å². The highest BCUT2D eigenvalue weighted by atomic mass is 19.1. The molecule has 0 amide bonds. The van der Waals surface area contributed by atoms with Crippen LogP contribution in [0.3, 0.4) is 0 Å². The fourth-order valence-corrected chi connectivity index (χ4v) is 2.93. The van der Waals surface area contributed by atoms with Gasteiger partial charge in [-0.3, -0.25) is 0 Å². The van der Waals surface area contributed by atoms with Gasteiger partial charge in [0.2, 0.25) is 0 Å². The highest BCUT2D eigenvalue weighted by Crippen LogP contribution is 2.40. The number of hydrogen-bond donors (Lipinski definition) is 1. The van der Waals surface area contributed by atoms with Crippen LogP contribution in [0, 0.1) is 12.7 Å². The first-order valence-electron chi connectivity index (χ1n) is 7.33. The van der Waals surface area contributed by atoms with Crippen LogP contribution >= 0.6 is 0 Å². The minimum Gasteiger partial charge on any atom is -0.495 e. The third-order valence-electron chi connectivity index (χ3n) is 4.20. The zero-order chi connectivity index (χ0) is 14.8. The van der Waals surface area contributed by atoms with Gasteiger partial charge in [0, 0.05) is 6.04 Å². The van der Waals surface area contributed by atoms with Gasteiger partial charge in [0.15, 0.2) is 0 Å². The molecular weight excluding hydrogens is 265 g/mol. The summed E-state index contributed by atoms with van der Waals surface area (Å²) in [4.78, 5) is 0. The monoisotopic (exact) mass is 285 g/mol. The molecule has 0 unspecified atom stereocenters. The van der Waals surface area contributed by atoms with E-state index in [4.69, 9.17) is 4.74 Å². The SMILES string of the molecule is COc1cc(C)ccc1NC1CC(c2ccccc2F)C1. The lowest BCUT2D eigenvalue weighted by Gasteiger charge is -2.37. The maximum Gasteiger partial charge on any atom is 0.142 e. The lowest BCUT2D eigenvalue weighted by Crippen LogP contribution is -2.34. The molecule has 0 aromatic heterocycles. The molecule has 1 fully saturated rings. The summed E-state index contributed by atoms with van der Waals surface area (Å²) in [6, 6.07) is 13.6. The fourth-order valence-electron chi connectivity index (χ4n) is 2.93. The smallest absolute Gasteiger partial charge is 0.142 e. The van der Waals surface area contributed by atoms with Gasteiger partial charge in [-0.2, -0.15) is 0 Å². The van der Waals surface area contributed by atoms with Crippen LogP contribution in [0.1, 0.15) is 29.9 Å². The van der Waals surface area contributed by atoms with Crippen molar-refractivity contribution in [1.82, 2.24) is 0 Å². The molecule has 2 nitrogen and oxygen atoms in total. The van der Waals surface area contributed by atoms with Crippen molar-refractivity contribution in [2.75, 3.05) is 12.4 Å². The average Bonchev–Trinajstić information content (AvgIpc) is 2.44. The number of halogens is 1. The molecule has 0 saturated heterocycles. The minimum atomic E-state index is -0.0890. The zero-order valence-corrected chi connectivity index (χ0v) is 12.4. The van der Waals surface area contributed by atoms with E-state index in [9.17, 15) is 4.39 Å². The van der Waals surface area contributed by atoms with Gasteiger partial charge in [-0.25, -0.2) is 4.39 Å². The van der Waals surface area contributed by atoms with E-state index in [2.05, 4.69) is 11.4 Å². The molecule has 0 spiro atoms. The van der Waals surface area contributed by atoms with Crippen molar-refractivity contribution in [2.24, 2.45) is 0 Å². The van der Waals surface area contributed by atoms with Crippen molar-refractivity contribution in [3.8, 4) is 5.75 Å². The number of benzene rings is 2. The first-order chi connectivity index (χ1) is 10.2. The van der Waals surface area contributed by atoms with Gasteiger partial charge in [-0.15, -0.1) is 0 Å². The third-order valence-corrected chi connectivity index (χ3v) is 4.20. The second-order valence-corrected chi connectivity index (χ2v) is 5.73. The average molecular weight is 285 g/mol. The second-order valence-electron chi connectivity index (χ2n) is 5.73. The molecule has 1 aliphatic carbocycles. The van der Waals surface area contributed by atoms with E-state index in [0.717, 1.165) is 29.8 Å². The summed E-state index contributed by atoms with van der Waals surface area (Å²) in [6.07, 6.45) is 1.91. The highest BCUT2D eigenvalue weighted by Gasteiger charge is 2.32. The number of rotatable bonds is 4. The van der Waals surface area contributed by atoms with Gasteiger partial charge in [-0.05, 0) is 55.0 Å². The van der Waals surface area contributed by atoms with E-state index >= 15 is 0 Å². The summed E-state index contributed by atoms with van der Waals surface area (Å²) in [6.45, 7) is 2.05. The van der Waals surface area contributed by atoms with E-state index in [1.165, 1.54) is 5.56 Å². The van der Waals surface area contributed by atoms with Crippen LogP contribution in [0.4, 0.5) is 10.1 Å². The van der Waals surface area contributed by atoms with Gasteiger partial charge in [0.1, 0.15) is 11.6 Å². The Bertz CT molecular complexity index is 635. The second kappa shape index (κ2) is 5.76. The largest absolute Gasteiger partial charge is 0.495 e. The summed E-state index contributed by atoms with van der Waals surface area (Å²) < 4.78 is 19.1. The quantitative estimate of drug-likeness (QED) is 0.893. The molecule has 0 heterocycles. The van der Waals surface area contributed by atoms with Gasteiger partial charge >= 0.3 is 0 Å². The summed E-state index contributed by atoms with van der Waals surface area (Å²) in [5.74, 6) is 1.10. The number of anilines is 1. The van der Waals surface area contributed by atoms with Crippen LogP contribution in [0.5, 0.6) is 5.75 Å². The van der Waals surface area contributed by atoms with Crippen LogP contribution in [0.2, 0.25) is 0 Å². The predicted molar refractivity (Wildman–Crippen MR) is 83.5 cm³/mol. The number of methoxy groups -OCH3 is 1. The number of aryl methyl sites for hydroxylation is 1. The molecule has 0 radical (unpaired) electrons. The summed E-state index contributed by atoms with van der Waals surface area (Å²) in [5.41, 5.74) is 3.03. The topological polar surface area (TPSA) is 21.3 Å². The Balaban J connectivity index is 1.64. The van der Waals surface area contributed by atoms with E-state index in [1.807, 2.05) is 31.2 Å². The molecule has 1 N–H and O–H groups in total. The van der Waals surface area contributed by atoms with Crippen LogP contribution in [0.15, 0.2) is 42.5 Å². The Hall–Kier alpha value is -2.03. The molecule has 3 rings (SSSR count). The van der Waals surface area contributed by atoms with Crippen molar-refractivity contribution in [1.29, 1.82) is 0 Å². The molecule has 0 bridgehead atoms. The van der Waals surface area contributed by atoms with Crippen LogP contribution in [-0.2, 0) is 0 Å². The maximum atomic E-state index is 13.7. The van der Waals surface area contributed by atoms with Gasteiger partial charge < -0.3 is 10.1 Å². The Morgan fingerprint density at radius 2 is 1.90 bits per heavy atom. The third kappa shape index (κ3) is 2.87. The van der Waals surface area contributed by atoms with Crippen molar-refractivity contribution in [3.63, 3.8) is 0 Å². The van der Waals surface area contributed by atoms with Crippen LogP contribution in [-0.4, -0.2) is 13.2 Å². The molecule has 21 heavy (non-hydrogen) atoms. The highest BCUT2D eigenvalue weighted by molar-refractivity contribution is 5.58. The Labute approximate surface area is 125 Å². The molecule has 1 aliphatic rings. The molecule has 0 atom stereocenters. The molecular formula is C18H20FNO. The lowest BCUT2D eigenvalue weighted by atomic mass is 9.75. The van der Waals surface area contributed by atoms with Crippen molar-refractivity contribution >= 4 is 5.69 Å². The minimum absolute atomic E-state index is 0.0890. The molecule has 1 saturated carbocycles. The predicted octanol–water partition coefficient (Wildman–Crippen LogP) is 4.50. The van der Waals surface area contributed by atoms with E-state index in [1.54, 1.807) is 19.2 Å². The number of ether oxygens (including phenoxy) is 1.